The average Bonchev–Trinajstić information content (AvgIpc) is 2.84. The predicted octanol–water partition coefficient (Wildman–Crippen LogP) is 1.32. The maximum atomic E-state index is 12.2. The van der Waals surface area contributed by atoms with Crippen molar-refractivity contribution >= 4 is 27.5 Å². The highest BCUT2D eigenvalue weighted by Crippen LogP contribution is 2.20. The van der Waals surface area contributed by atoms with Gasteiger partial charge in [0.15, 0.2) is 0 Å². The van der Waals surface area contributed by atoms with E-state index in [0.29, 0.717) is 11.9 Å². The van der Waals surface area contributed by atoms with Crippen LogP contribution in [0, 0.1) is 0 Å². The molecule has 5 nitrogen and oxygen atoms in total. The first-order valence-electron chi connectivity index (χ1n) is 6.01. The van der Waals surface area contributed by atoms with Crippen molar-refractivity contribution in [3.8, 4) is 0 Å². The topological polar surface area (TPSA) is 64.0 Å². The molecule has 100 valence electrons. The van der Waals surface area contributed by atoms with Gasteiger partial charge in [-0.25, -0.2) is 4.98 Å². The molecule has 0 aliphatic heterocycles. The minimum atomic E-state index is -0.228. The van der Waals surface area contributed by atoms with E-state index in [-0.39, 0.29) is 18.0 Å². The van der Waals surface area contributed by atoms with Crippen LogP contribution in [0.4, 0.5) is 0 Å². The van der Waals surface area contributed by atoms with Crippen molar-refractivity contribution in [1.82, 2.24) is 14.9 Å². The first-order valence-corrected chi connectivity index (χ1v) is 6.82. The van der Waals surface area contributed by atoms with Crippen LogP contribution in [-0.2, 0) is 17.8 Å². The van der Waals surface area contributed by atoms with Crippen LogP contribution in [0.3, 0.4) is 0 Å². The van der Waals surface area contributed by atoms with Gasteiger partial charge < -0.3 is 5.32 Å². The van der Waals surface area contributed by atoms with Crippen molar-refractivity contribution in [2.75, 3.05) is 6.54 Å². The Kier molecular flexibility index (Phi) is 4.11. The molecule has 6 heteroatoms. The van der Waals surface area contributed by atoms with Gasteiger partial charge in [-0.1, -0.05) is 13.0 Å². The Morgan fingerprint density at radius 1 is 1.63 bits per heavy atom. The number of rotatable bonds is 5. The second-order valence-corrected chi connectivity index (χ2v) is 5.17. The summed E-state index contributed by atoms with van der Waals surface area (Å²) in [5.74, 6) is -0.228. The van der Waals surface area contributed by atoms with Gasteiger partial charge in [0.05, 0.1) is 11.7 Å². The Labute approximate surface area is 114 Å². The lowest BCUT2D eigenvalue weighted by molar-refractivity contribution is -0.121. The molecule has 19 heavy (non-hydrogen) atoms. The molecule has 2 aromatic heterocycles. The van der Waals surface area contributed by atoms with E-state index in [1.165, 1.54) is 22.2 Å². The van der Waals surface area contributed by atoms with Crippen molar-refractivity contribution in [3.63, 3.8) is 0 Å². The lowest BCUT2D eigenvalue weighted by Gasteiger charge is -2.04. The monoisotopic (exact) mass is 277 g/mol. The summed E-state index contributed by atoms with van der Waals surface area (Å²) in [7, 11) is 0. The van der Waals surface area contributed by atoms with Gasteiger partial charge in [0.1, 0.15) is 11.4 Å². The van der Waals surface area contributed by atoms with Gasteiger partial charge in [-0.3, -0.25) is 14.2 Å². The van der Waals surface area contributed by atoms with Gasteiger partial charge in [0.25, 0.3) is 5.56 Å². The van der Waals surface area contributed by atoms with E-state index in [2.05, 4.69) is 16.9 Å². The molecule has 0 fully saturated rings. The fourth-order valence-electron chi connectivity index (χ4n) is 1.69. The van der Waals surface area contributed by atoms with Crippen molar-refractivity contribution in [2.45, 2.75) is 19.9 Å². The fraction of sp³-hybridized carbons (Fsp3) is 0.308. The first kappa shape index (κ1) is 13.5. The van der Waals surface area contributed by atoms with Crippen LogP contribution in [0.25, 0.3) is 10.2 Å². The molecule has 0 radical (unpaired) electrons. The predicted molar refractivity (Wildman–Crippen MR) is 76.5 cm³/mol. The number of amides is 1. The third kappa shape index (κ3) is 2.90. The molecule has 0 saturated heterocycles. The molecule has 0 aliphatic carbocycles. The molecular formula is C13H15N3O2S. The number of aryl methyl sites for hydroxylation is 1. The van der Waals surface area contributed by atoms with Crippen LogP contribution in [0.15, 0.2) is 29.8 Å². The standard InChI is InChI=1S/C13H15N3O2S/c1-3-5-14-11(17)7-16-8-15-12-10(13(16)18)6-9(4-2)19-12/h3,6,8H,1,4-5,7H2,2H3,(H,14,17). The number of hydrogen-bond acceptors (Lipinski definition) is 4. The largest absolute Gasteiger partial charge is 0.351 e. The smallest absolute Gasteiger partial charge is 0.262 e. The van der Waals surface area contributed by atoms with Crippen molar-refractivity contribution in [3.05, 3.63) is 40.3 Å². The third-order valence-corrected chi connectivity index (χ3v) is 3.86. The van der Waals surface area contributed by atoms with E-state index >= 15 is 0 Å². The summed E-state index contributed by atoms with van der Waals surface area (Å²) in [6.45, 7) is 5.92. The van der Waals surface area contributed by atoms with Crippen LogP contribution in [0.1, 0.15) is 11.8 Å². The SMILES string of the molecule is C=CCNC(=O)Cn1cnc2sc(CC)cc2c1=O. The summed E-state index contributed by atoms with van der Waals surface area (Å²) in [6.07, 6.45) is 3.89. The van der Waals surface area contributed by atoms with E-state index in [0.717, 1.165) is 16.1 Å². The number of hydrogen-bond donors (Lipinski definition) is 1. The molecule has 0 spiro atoms. The number of thiophene rings is 1. The maximum absolute atomic E-state index is 12.2. The van der Waals surface area contributed by atoms with Gasteiger partial charge in [-0.15, -0.1) is 17.9 Å². The number of aromatic nitrogens is 2. The molecule has 0 aromatic carbocycles. The molecule has 2 aromatic rings. The lowest BCUT2D eigenvalue weighted by Crippen LogP contribution is -2.32. The summed E-state index contributed by atoms with van der Waals surface area (Å²) in [4.78, 5) is 29.8. The van der Waals surface area contributed by atoms with Crippen LogP contribution >= 0.6 is 11.3 Å². The highest BCUT2D eigenvalue weighted by atomic mass is 32.1. The molecule has 1 N–H and O–H groups in total. The molecule has 0 atom stereocenters. The number of carbonyl (C=O) groups excluding carboxylic acids is 1. The zero-order valence-electron chi connectivity index (χ0n) is 10.7. The first-order chi connectivity index (χ1) is 9.15. The van der Waals surface area contributed by atoms with Crippen LogP contribution < -0.4 is 10.9 Å². The van der Waals surface area contributed by atoms with E-state index in [1.54, 1.807) is 6.08 Å². The number of nitrogens with one attached hydrogen (secondary N) is 1. The van der Waals surface area contributed by atoms with Gasteiger partial charge in [0.2, 0.25) is 5.91 Å². The summed E-state index contributed by atoms with van der Waals surface area (Å²) >= 11 is 1.51. The highest BCUT2D eigenvalue weighted by molar-refractivity contribution is 7.18. The Morgan fingerprint density at radius 3 is 3.11 bits per heavy atom. The van der Waals surface area contributed by atoms with Crippen LogP contribution in [-0.4, -0.2) is 22.0 Å². The molecule has 2 heterocycles. The van der Waals surface area contributed by atoms with E-state index in [1.807, 2.05) is 13.0 Å². The average molecular weight is 277 g/mol. The van der Waals surface area contributed by atoms with Gasteiger partial charge >= 0.3 is 0 Å². The van der Waals surface area contributed by atoms with Gasteiger partial charge in [-0.2, -0.15) is 0 Å². The van der Waals surface area contributed by atoms with Crippen molar-refractivity contribution in [1.29, 1.82) is 0 Å². The zero-order chi connectivity index (χ0) is 13.8. The molecule has 2 rings (SSSR count). The zero-order valence-corrected chi connectivity index (χ0v) is 11.5. The molecule has 1 amide bonds. The van der Waals surface area contributed by atoms with Crippen molar-refractivity contribution in [2.24, 2.45) is 0 Å². The summed E-state index contributed by atoms with van der Waals surface area (Å²) < 4.78 is 1.33. The Morgan fingerprint density at radius 2 is 2.42 bits per heavy atom. The molecule has 0 unspecified atom stereocenters. The highest BCUT2D eigenvalue weighted by Gasteiger charge is 2.10. The van der Waals surface area contributed by atoms with E-state index in [9.17, 15) is 9.59 Å². The van der Waals surface area contributed by atoms with Crippen molar-refractivity contribution < 1.29 is 4.79 Å². The molecule has 0 aliphatic rings. The summed E-state index contributed by atoms with van der Waals surface area (Å²) in [5, 5.41) is 3.21. The third-order valence-electron chi connectivity index (χ3n) is 2.68. The second kappa shape index (κ2) is 5.79. The molecular weight excluding hydrogens is 262 g/mol. The number of nitrogens with zero attached hydrogens (tertiary/aromatic N) is 2. The van der Waals surface area contributed by atoms with Gasteiger partial charge in [0, 0.05) is 11.4 Å². The van der Waals surface area contributed by atoms with E-state index < -0.39 is 0 Å². The lowest BCUT2D eigenvalue weighted by atomic mass is 10.3. The number of fused-ring (bicyclic) bond motifs is 1. The summed E-state index contributed by atoms with van der Waals surface area (Å²) in [6, 6.07) is 1.85. The second-order valence-electron chi connectivity index (χ2n) is 4.06. The minimum Gasteiger partial charge on any atom is -0.351 e. The van der Waals surface area contributed by atoms with Crippen LogP contribution in [0.2, 0.25) is 0 Å². The Balaban J connectivity index is 2.29. The van der Waals surface area contributed by atoms with E-state index in [4.69, 9.17) is 0 Å². The maximum Gasteiger partial charge on any atom is 0.262 e. The number of carbonyl (C=O) groups is 1. The minimum absolute atomic E-state index is 0.0209. The Bertz CT molecular complexity index is 672. The summed E-state index contributed by atoms with van der Waals surface area (Å²) in [5.41, 5.74) is -0.172. The Hall–Kier alpha value is -1.95. The normalized spacial score (nSPS) is 10.6. The van der Waals surface area contributed by atoms with Crippen LogP contribution in [0.5, 0.6) is 0 Å². The fourth-order valence-corrected chi connectivity index (χ4v) is 2.62. The quantitative estimate of drug-likeness (QED) is 0.838. The molecule has 0 saturated carbocycles. The molecule has 0 bridgehead atoms. The van der Waals surface area contributed by atoms with Gasteiger partial charge in [-0.05, 0) is 12.5 Å².